The average molecular weight is 387 g/mol. The van der Waals surface area contributed by atoms with Crippen molar-refractivity contribution in [2.24, 2.45) is 0 Å². The normalized spacial score (nSPS) is 17.8. The molecule has 1 fully saturated rings. The smallest absolute Gasteiger partial charge is 0.244 e. The van der Waals surface area contributed by atoms with Gasteiger partial charge in [-0.3, -0.25) is 4.79 Å². The van der Waals surface area contributed by atoms with Crippen molar-refractivity contribution in [2.75, 3.05) is 6.54 Å². The highest BCUT2D eigenvalue weighted by molar-refractivity contribution is 7.89. The van der Waals surface area contributed by atoms with E-state index in [0.29, 0.717) is 30.8 Å². The summed E-state index contributed by atoms with van der Waals surface area (Å²) >= 11 is 0. The predicted octanol–water partition coefficient (Wildman–Crippen LogP) is 3.08. The number of benzene rings is 2. The second-order valence-corrected chi connectivity index (χ2v) is 9.03. The Labute approximate surface area is 161 Å². The Morgan fingerprint density at radius 2 is 1.74 bits per heavy atom. The highest BCUT2D eigenvalue weighted by Gasteiger charge is 2.40. The van der Waals surface area contributed by atoms with Crippen LogP contribution in [-0.4, -0.2) is 31.2 Å². The van der Waals surface area contributed by atoms with Gasteiger partial charge in [0.25, 0.3) is 0 Å². The Balaban J connectivity index is 1.82. The van der Waals surface area contributed by atoms with Crippen molar-refractivity contribution in [3.05, 3.63) is 64.7 Å². The van der Waals surface area contributed by atoms with Gasteiger partial charge in [-0.1, -0.05) is 48.0 Å². The Kier molecular flexibility index (Phi) is 5.67. The van der Waals surface area contributed by atoms with Gasteiger partial charge in [-0.15, -0.1) is 0 Å². The quantitative estimate of drug-likeness (QED) is 0.859. The van der Waals surface area contributed by atoms with Crippen LogP contribution in [0.3, 0.4) is 0 Å². The molecule has 1 aliphatic rings. The van der Waals surface area contributed by atoms with Crippen LogP contribution < -0.4 is 5.32 Å². The molecular weight excluding hydrogens is 360 g/mol. The third-order valence-electron chi connectivity index (χ3n) is 4.99. The summed E-state index contributed by atoms with van der Waals surface area (Å²) in [5, 5.41) is 2.89. The van der Waals surface area contributed by atoms with Crippen LogP contribution in [0.2, 0.25) is 0 Å². The number of nitrogens with one attached hydrogen (secondary N) is 1. The van der Waals surface area contributed by atoms with Gasteiger partial charge >= 0.3 is 0 Å². The van der Waals surface area contributed by atoms with E-state index in [2.05, 4.69) is 5.32 Å². The maximum absolute atomic E-state index is 13.3. The molecule has 0 saturated carbocycles. The van der Waals surface area contributed by atoms with Crippen molar-refractivity contribution in [1.29, 1.82) is 0 Å². The summed E-state index contributed by atoms with van der Waals surface area (Å²) in [5.74, 6) is -0.234. The Bertz CT molecular complexity index is 916. The van der Waals surface area contributed by atoms with Crippen LogP contribution in [0.4, 0.5) is 0 Å². The van der Waals surface area contributed by atoms with Gasteiger partial charge < -0.3 is 5.32 Å². The Morgan fingerprint density at radius 3 is 2.37 bits per heavy atom. The Morgan fingerprint density at radius 1 is 1.11 bits per heavy atom. The SMILES string of the molecule is Cc1cc(C)c(S(=O)(=O)N2CCC[C@H]2C(=O)NCc2ccccc2)c(C)c1. The summed E-state index contributed by atoms with van der Waals surface area (Å²) in [4.78, 5) is 13.0. The highest BCUT2D eigenvalue weighted by atomic mass is 32.2. The molecule has 1 saturated heterocycles. The molecular formula is C21H26N2O3S. The maximum Gasteiger partial charge on any atom is 0.244 e. The van der Waals surface area contributed by atoms with Gasteiger partial charge in [0, 0.05) is 13.1 Å². The molecule has 27 heavy (non-hydrogen) atoms. The van der Waals surface area contributed by atoms with Crippen LogP contribution in [-0.2, 0) is 21.4 Å². The first-order chi connectivity index (χ1) is 12.8. The number of nitrogens with zero attached hydrogens (tertiary/aromatic N) is 1. The lowest BCUT2D eigenvalue weighted by Gasteiger charge is -2.25. The van der Waals surface area contributed by atoms with Crippen LogP contribution in [0.15, 0.2) is 47.4 Å². The zero-order valence-electron chi connectivity index (χ0n) is 16.0. The fourth-order valence-electron chi connectivity index (χ4n) is 3.88. The minimum absolute atomic E-state index is 0.234. The van der Waals surface area contributed by atoms with Gasteiger partial charge in [0.2, 0.25) is 15.9 Å². The summed E-state index contributed by atoms with van der Waals surface area (Å²) in [7, 11) is -3.72. The van der Waals surface area contributed by atoms with Gasteiger partial charge in [0.15, 0.2) is 0 Å². The van der Waals surface area contributed by atoms with Crippen LogP contribution in [0.5, 0.6) is 0 Å². The summed E-state index contributed by atoms with van der Waals surface area (Å²) in [6, 6.07) is 12.7. The second kappa shape index (κ2) is 7.82. The third-order valence-corrected chi connectivity index (χ3v) is 7.20. The predicted molar refractivity (Wildman–Crippen MR) is 106 cm³/mol. The number of sulfonamides is 1. The van der Waals surface area contributed by atoms with Gasteiger partial charge in [-0.25, -0.2) is 8.42 Å². The summed E-state index contributed by atoms with van der Waals surface area (Å²) in [6.45, 7) is 6.35. The summed E-state index contributed by atoms with van der Waals surface area (Å²) < 4.78 is 28.0. The van der Waals surface area contributed by atoms with Gasteiger partial charge in [0.1, 0.15) is 6.04 Å². The van der Waals surface area contributed by atoms with E-state index in [1.54, 1.807) is 0 Å². The monoisotopic (exact) mass is 386 g/mol. The number of hydrogen-bond donors (Lipinski definition) is 1. The highest BCUT2D eigenvalue weighted by Crippen LogP contribution is 2.30. The molecule has 6 heteroatoms. The molecule has 1 atom stereocenters. The number of hydrogen-bond acceptors (Lipinski definition) is 3. The molecule has 0 aliphatic carbocycles. The van der Waals surface area contributed by atoms with Crippen LogP contribution in [0.25, 0.3) is 0 Å². The zero-order chi connectivity index (χ0) is 19.6. The first-order valence-electron chi connectivity index (χ1n) is 9.22. The fourth-order valence-corrected chi connectivity index (χ4v) is 5.96. The minimum Gasteiger partial charge on any atom is -0.351 e. The lowest BCUT2D eigenvalue weighted by molar-refractivity contribution is -0.124. The molecule has 144 valence electrons. The van der Waals surface area contributed by atoms with Crippen molar-refractivity contribution in [3.8, 4) is 0 Å². The van der Waals surface area contributed by atoms with Crippen molar-refractivity contribution in [2.45, 2.75) is 51.1 Å². The van der Waals surface area contributed by atoms with Gasteiger partial charge in [-0.05, 0) is 50.3 Å². The Hall–Kier alpha value is -2.18. The van der Waals surface area contributed by atoms with Crippen molar-refractivity contribution >= 4 is 15.9 Å². The number of carbonyl (C=O) groups is 1. The standard InChI is InChI=1S/C21H26N2O3S/c1-15-12-16(2)20(17(3)13-15)27(25,26)23-11-7-10-19(23)21(24)22-14-18-8-5-4-6-9-18/h4-6,8-9,12-13,19H,7,10-11,14H2,1-3H3,(H,22,24)/t19-/m0/s1. The van der Waals surface area contributed by atoms with Crippen LogP contribution in [0.1, 0.15) is 35.1 Å². The number of aryl methyl sites for hydroxylation is 3. The van der Waals surface area contributed by atoms with Gasteiger partial charge in [0.05, 0.1) is 4.90 Å². The molecule has 2 aromatic rings. The van der Waals surface area contributed by atoms with E-state index in [1.807, 2.05) is 63.2 Å². The van der Waals surface area contributed by atoms with Crippen molar-refractivity contribution in [1.82, 2.24) is 9.62 Å². The maximum atomic E-state index is 13.3. The second-order valence-electron chi connectivity index (χ2n) is 7.21. The first-order valence-corrected chi connectivity index (χ1v) is 10.7. The molecule has 5 nitrogen and oxygen atoms in total. The topological polar surface area (TPSA) is 66.5 Å². The lowest BCUT2D eigenvalue weighted by Crippen LogP contribution is -2.45. The molecule has 1 heterocycles. The molecule has 1 aliphatic heterocycles. The molecule has 0 radical (unpaired) electrons. The molecule has 0 bridgehead atoms. The van der Waals surface area contributed by atoms with Crippen molar-refractivity contribution < 1.29 is 13.2 Å². The summed E-state index contributed by atoms with van der Waals surface area (Å²) in [5.41, 5.74) is 3.47. The number of carbonyl (C=O) groups excluding carboxylic acids is 1. The molecule has 2 aromatic carbocycles. The average Bonchev–Trinajstić information content (AvgIpc) is 3.10. The molecule has 0 spiro atoms. The zero-order valence-corrected chi connectivity index (χ0v) is 16.8. The van der Waals surface area contributed by atoms with E-state index in [4.69, 9.17) is 0 Å². The van der Waals surface area contributed by atoms with E-state index in [0.717, 1.165) is 22.3 Å². The molecule has 1 amide bonds. The largest absolute Gasteiger partial charge is 0.351 e. The molecule has 3 rings (SSSR count). The van der Waals surface area contributed by atoms with Crippen LogP contribution >= 0.6 is 0 Å². The lowest BCUT2D eigenvalue weighted by atomic mass is 10.1. The summed E-state index contributed by atoms with van der Waals surface area (Å²) in [6.07, 6.45) is 1.23. The third kappa shape index (κ3) is 4.06. The number of rotatable bonds is 5. The first kappa shape index (κ1) is 19.6. The molecule has 1 N–H and O–H groups in total. The van der Waals surface area contributed by atoms with Crippen molar-refractivity contribution in [3.63, 3.8) is 0 Å². The van der Waals surface area contributed by atoms with Crippen LogP contribution in [0, 0.1) is 20.8 Å². The fraction of sp³-hybridized carbons (Fsp3) is 0.381. The van der Waals surface area contributed by atoms with Gasteiger partial charge in [-0.2, -0.15) is 4.31 Å². The molecule has 0 unspecified atom stereocenters. The van der Waals surface area contributed by atoms with E-state index in [1.165, 1.54) is 4.31 Å². The van der Waals surface area contributed by atoms with E-state index < -0.39 is 16.1 Å². The van der Waals surface area contributed by atoms with E-state index >= 15 is 0 Å². The number of amides is 1. The molecule has 0 aromatic heterocycles. The van der Waals surface area contributed by atoms with E-state index in [9.17, 15) is 13.2 Å². The minimum atomic E-state index is -3.72. The van der Waals surface area contributed by atoms with E-state index in [-0.39, 0.29) is 5.91 Å².